The number of piperidine rings is 1. The van der Waals surface area contributed by atoms with Crippen molar-refractivity contribution >= 4 is 23.2 Å². The molecule has 5 nitrogen and oxygen atoms in total. The van der Waals surface area contributed by atoms with Crippen molar-refractivity contribution < 1.29 is 14.3 Å². The predicted octanol–water partition coefficient (Wildman–Crippen LogP) is 4.07. The summed E-state index contributed by atoms with van der Waals surface area (Å²) in [5.74, 6) is -0.656. The normalized spacial score (nSPS) is 17.2. The first kappa shape index (κ1) is 18.6. The number of benzene rings is 1. The fourth-order valence-corrected chi connectivity index (χ4v) is 4.03. The Hall–Kier alpha value is -2.21. The topological polar surface area (TPSA) is 59.5 Å². The standard InChI is InChI=1S/C20H24N2O3S/c1-3-16-6-4-5-11-22(16)18(23)12-25-20(24)17-13-26-19(21-17)15-9-7-14(2)8-10-15/h7-10,13,16H,3-6,11-12H2,1-2H3/t16-/m0/s1. The summed E-state index contributed by atoms with van der Waals surface area (Å²) < 4.78 is 5.22. The van der Waals surface area contributed by atoms with E-state index in [1.54, 1.807) is 5.38 Å². The molecular formula is C20H24N2O3S. The van der Waals surface area contributed by atoms with Crippen molar-refractivity contribution in [2.45, 2.75) is 45.6 Å². The van der Waals surface area contributed by atoms with Crippen molar-refractivity contribution in [3.8, 4) is 10.6 Å². The van der Waals surface area contributed by atoms with E-state index in [-0.39, 0.29) is 24.2 Å². The molecule has 0 unspecified atom stereocenters. The molecule has 2 aromatic rings. The molecule has 1 aromatic carbocycles. The summed E-state index contributed by atoms with van der Waals surface area (Å²) in [5, 5.41) is 2.45. The second-order valence-electron chi connectivity index (χ2n) is 6.63. The number of rotatable bonds is 5. The van der Waals surface area contributed by atoms with Crippen molar-refractivity contribution in [2.75, 3.05) is 13.2 Å². The Kier molecular flexibility index (Phi) is 6.04. The maximum atomic E-state index is 12.4. The average molecular weight is 372 g/mol. The van der Waals surface area contributed by atoms with Gasteiger partial charge < -0.3 is 9.64 Å². The zero-order valence-electron chi connectivity index (χ0n) is 15.2. The number of nitrogens with zero attached hydrogens (tertiary/aromatic N) is 2. The second-order valence-corrected chi connectivity index (χ2v) is 7.48. The molecule has 138 valence electrons. The van der Waals surface area contributed by atoms with Crippen LogP contribution in [0.5, 0.6) is 0 Å². The number of hydrogen-bond acceptors (Lipinski definition) is 5. The third-order valence-corrected chi connectivity index (χ3v) is 5.65. The minimum atomic E-state index is -0.544. The zero-order valence-corrected chi connectivity index (χ0v) is 16.1. The van der Waals surface area contributed by atoms with Crippen molar-refractivity contribution in [2.24, 2.45) is 0 Å². The molecule has 1 fully saturated rings. The molecule has 1 aromatic heterocycles. The first-order valence-corrected chi connectivity index (χ1v) is 9.95. The maximum absolute atomic E-state index is 12.4. The summed E-state index contributed by atoms with van der Waals surface area (Å²) in [6, 6.07) is 8.25. The number of aryl methyl sites for hydroxylation is 1. The van der Waals surface area contributed by atoms with E-state index >= 15 is 0 Å². The number of ether oxygens (including phenoxy) is 1. The summed E-state index contributed by atoms with van der Waals surface area (Å²) in [6.45, 7) is 4.65. The molecule has 0 saturated carbocycles. The lowest BCUT2D eigenvalue weighted by atomic mass is 10.00. The van der Waals surface area contributed by atoms with Gasteiger partial charge in [0.1, 0.15) is 5.01 Å². The van der Waals surface area contributed by atoms with Gasteiger partial charge in [0.05, 0.1) is 0 Å². The molecule has 0 N–H and O–H groups in total. The SMILES string of the molecule is CC[C@H]1CCCCN1C(=O)COC(=O)c1csc(-c2ccc(C)cc2)n1. The Balaban J connectivity index is 1.58. The van der Waals surface area contributed by atoms with Gasteiger partial charge in [-0.3, -0.25) is 4.79 Å². The van der Waals surface area contributed by atoms with Gasteiger partial charge in [0.2, 0.25) is 0 Å². The van der Waals surface area contributed by atoms with Crippen LogP contribution in [0.15, 0.2) is 29.6 Å². The number of carbonyl (C=O) groups excluding carboxylic acids is 2. The predicted molar refractivity (Wildman–Crippen MR) is 102 cm³/mol. The van der Waals surface area contributed by atoms with Crippen LogP contribution in [0.3, 0.4) is 0 Å². The van der Waals surface area contributed by atoms with Gasteiger partial charge in [0, 0.05) is 23.5 Å². The molecule has 1 aliphatic rings. The number of thiazole rings is 1. The van der Waals surface area contributed by atoms with Crippen LogP contribution in [0.1, 0.15) is 48.7 Å². The highest BCUT2D eigenvalue weighted by molar-refractivity contribution is 7.13. The molecular weight excluding hydrogens is 348 g/mol. The van der Waals surface area contributed by atoms with Crippen molar-refractivity contribution in [1.29, 1.82) is 0 Å². The summed E-state index contributed by atoms with van der Waals surface area (Å²) >= 11 is 1.40. The fourth-order valence-electron chi connectivity index (χ4n) is 3.23. The molecule has 0 aliphatic carbocycles. The monoisotopic (exact) mass is 372 g/mol. The van der Waals surface area contributed by atoms with E-state index in [2.05, 4.69) is 11.9 Å². The molecule has 1 aliphatic heterocycles. The lowest BCUT2D eigenvalue weighted by Crippen LogP contribution is -2.45. The van der Waals surface area contributed by atoms with Crippen molar-refractivity contribution in [3.05, 3.63) is 40.9 Å². The van der Waals surface area contributed by atoms with Crippen LogP contribution in [0.25, 0.3) is 10.6 Å². The highest BCUT2D eigenvalue weighted by atomic mass is 32.1. The Morgan fingerprint density at radius 3 is 2.77 bits per heavy atom. The van der Waals surface area contributed by atoms with Gasteiger partial charge in [0.25, 0.3) is 5.91 Å². The van der Waals surface area contributed by atoms with E-state index in [1.165, 1.54) is 16.9 Å². The minimum Gasteiger partial charge on any atom is -0.451 e. The molecule has 1 atom stereocenters. The number of amides is 1. The second kappa shape index (κ2) is 8.45. The molecule has 0 radical (unpaired) electrons. The van der Waals surface area contributed by atoms with E-state index in [1.807, 2.05) is 36.1 Å². The summed E-state index contributed by atoms with van der Waals surface area (Å²) in [5.41, 5.74) is 2.39. The van der Waals surface area contributed by atoms with Gasteiger partial charge in [0.15, 0.2) is 12.3 Å². The highest BCUT2D eigenvalue weighted by Crippen LogP contribution is 2.24. The van der Waals surface area contributed by atoms with Crippen molar-refractivity contribution in [1.82, 2.24) is 9.88 Å². The molecule has 6 heteroatoms. The summed E-state index contributed by atoms with van der Waals surface area (Å²) in [4.78, 5) is 30.8. The fraction of sp³-hybridized carbons (Fsp3) is 0.450. The van der Waals surface area contributed by atoms with Gasteiger partial charge >= 0.3 is 5.97 Å². The van der Waals surface area contributed by atoms with Crippen LogP contribution < -0.4 is 0 Å². The smallest absolute Gasteiger partial charge is 0.358 e. The highest BCUT2D eigenvalue weighted by Gasteiger charge is 2.26. The Labute approximate surface area is 158 Å². The Morgan fingerprint density at radius 2 is 2.04 bits per heavy atom. The molecule has 0 spiro atoms. The third kappa shape index (κ3) is 4.30. The number of likely N-dealkylation sites (tertiary alicyclic amines) is 1. The molecule has 3 rings (SSSR count). The molecule has 2 heterocycles. The lowest BCUT2D eigenvalue weighted by molar-refractivity contribution is -0.138. The van der Waals surface area contributed by atoms with E-state index in [0.29, 0.717) is 0 Å². The molecule has 0 bridgehead atoms. The van der Waals surface area contributed by atoms with Gasteiger partial charge in [-0.05, 0) is 32.6 Å². The summed E-state index contributed by atoms with van der Waals surface area (Å²) in [6.07, 6.45) is 4.14. The van der Waals surface area contributed by atoms with Crippen molar-refractivity contribution in [3.63, 3.8) is 0 Å². The first-order valence-electron chi connectivity index (χ1n) is 9.07. The molecule has 1 amide bonds. The zero-order chi connectivity index (χ0) is 18.5. The first-order chi connectivity index (χ1) is 12.6. The van der Waals surface area contributed by atoms with Crippen LogP contribution >= 0.6 is 11.3 Å². The number of carbonyl (C=O) groups is 2. The van der Waals surface area contributed by atoms with Crippen LogP contribution in [-0.2, 0) is 9.53 Å². The molecule has 26 heavy (non-hydrogen) atoms. The van der Waals surface area contributed by atoms with Crippen LogP contribution in [0.4, 0.5) is 0 Å². The van der Waals surface area contributed by atoms with Gasteiger partial charge in [-0.25, -0.2) is 9.78 Å². The van der Waals surface area contributed by atoms with Gasteiger partial charge in [-0.1, -0.05) is 36.8 Å². The quantitative estimate of drug-likeness (QED) is 0.743. The summed E-state index contributed by atoms with van der Waals surface area (Å²) in [7, 11) is 0. The van der Waals surface area contributed by atoms with Gasteiger partial charge in [-0.15, -0.1) is 11.3 Å². The van der Waals surface area contributed by atoms with E-state index in [4.69, 9.17) is 4.74 Å². The Bertz CT molecular complexity index is 770. The largest absolute Gasteiger partial charge is 0.451 e. The third-order valence-electron chi connectivity index (χ3n) is 4.76. The van der Waals surface area contributed by atoms with Crippen LogP contribution in [0, 0.1) is 6.92 Å². The van der Waals surface area contributed by atoms with E-state index < -0.39 is 5.97 Å². The molecule has 1 saturated heterocycles. The number of hydrogen-bond donors (Lipinski definition) is 0. The van der Waals surface area contributed by atoms with Gasteiger partial charge in [-0.2, -0.15) is 0 Å². The Morgan fingerprint density at radius 1 is 1.27 bits per heavy atom. The number of aromatic nitrogens is 1. The van der Waals surface area contributed by atoms with Crippen LogP contribution in [-0.4, -0.2) is 41.0 Å². The van der Waals surface area contributed by atoms with E-state index in [0.717, 1.165) is 42.8 Å². The number of esters is 1. The average Bonchev–Trinajstić information content (AvgIpc) is 3.16. The maximum Gasteiger partial charge on any atom is 0.358 e. The lowest BCUT2D eigenvalue weighted by Gasteiger charge is -2.35. The minimum absolute atomic E-state index is 0.112. The van der Waals surface area contributed by atoms with Crippen LogP contribution in [0.2, 0.25) is 0 Å². The van der Waals surface area contributed by atoms with E-state index in [9.17, 15) is 9.59 Å².